The molecule has 1 aliphatic carbocycles. The first-order chi connectivity index (χ1) is 16.5. The fourth-order valence-electron chi connectivity index (χ4n) is 4.15. The Bertz CT molecular complexity index is 1340. The third kappa shape index (κ3) is 4.49. The lowest BCUT2D eigenvalue weighted by Crippen LogP contribution is -2.17. The summed E-state index contributed by atoms with van der Waals surface area (Å²) < 4.78 is 7.29. The highest BCUT2D eigenvalue weighted by Gasteiger charge is 2.29. The summed E-state index contributed by atoms with van der Waals surface area (Å²) in [5.41, 5.74) is 3.63. The van der Waals surface area contributed by atoms with Crippen LogP contribution in [0.5, 0.6) is 0 Å². The van der Waals surface area contributed by atoms with Crippen LogP contribution >= 0.6 is 34.4 Å². The van der Waals surface area contributed by atoms with Crippen LogP contribution in [0.15, 0.2) is 40.9 Å². The van der Waals surface area contributed by atoms with Crippen LogP contribution in [0, 0.1) is 5.92 Å². The Morgan fingerprint density at radius 1 is 1.26 bits per heavy atom. The van der Waals surface area contributed by atoms with Gasteiger partial charge in [-0.05, 0) is 43.2 Å². The normalized spacial score (nSPS) is 15.3. The van der Waals surface area contributed by atoms with E-state index in [1.807, 2.05) is 40.1 Å². The zero-order chi connectivity index (χ0) is 23.7. The first kappa shape index (κ1) is 23.1. The molecule has 5 rings (SSSR count). The van der Waals surface area contributed by atoms with E-state index in [2.05, 4.69) is 22.4 Å². The minimum Gasteiger partial charge on any atom is -0.462 e. The number of aromatic nitrogens is 3. The SMILES string of the molecule is CCOC(=O)c1c(NC(=O)CSc2nnc3scc(-c4ccccc4)n23)sc2c1CC[C@H](C)C2. The molecule has 1 aromatic carbocycles. The Morgan fingerprint density at radius 2 is 2.09 bits per heavy atom. The number of anilines is 1. The van der Waals surface area contributed by atoms with Gasteiger partial charge in [0.2, 0.25) is 10.9 Å². The van der Waals surface area contributed by atoms with Crippen LogP contribution in [0.1, 0.15) is 41.1 Å². The van der Waals surface area contributed by atoms with Crippen molar-refractivity contribution in [2.75, 3.05) is 17.7 Å². The maximum absolute atomic E-state index is 12.9. The summed E-state index contributed by atoms with van der Waals surface area (Å²) in [4.78, 5) is 27.6. The second-order valence-corrected chi connectivity index (χ2v) is 11.1. The Balaban J connectivity index is 1.34. The first-order valence-electron chi connectivity index (χ1n) is 11.2. The first-order valence-corrected chi connectivity index (χ1v) is 13.9. The van der Waals surface area contributed by atoms with E-state index in [0.717, 1.165) is 41.0 Å². The van der Waals surface area contributed by atoms with E-state index in [1.165, 1.54) is 39.3 Å². The standard InChI is InChI=1S/C24H24N4O3S3/c1-3-31-22(30)20-16-10-9-14(2)11-18(16)34-21(20)25-19(29)13-33-24-27-26-23-28(24)17(12-32-23)15-7-5-4-6-8-15/h4-8,12,14H,3,9-11,13H2,1-2H3,(H,25,29)/t14-/m0/s1. The van der Waals surface area contributed by atoms with Gasteiger partial charge in [0.25, 0.3) is 0 Å². The summed E-state index contributed by atoms with van der Waals surface area (Å²) in [7, 11) is 0. The van der Waals surface area contributed by atoms with Crippen LogP contribution in [0.3, 0.4) is 0 Å². The number of fused-ring (bicyclic) bond motifs is 2. The van der Waals surface area contributed by atoms with Crippen molar-refractivity contribution >= 4 is 56.3 Å². The summed E-state index contributed by atoms with van der Waals surface area (Å²) in [5.74, 6) is 0.185. The number of rotatable bonds is 7. The zero-order valence-electron chi connectivity index (χ0n) is 18.9. The number of hydrogen-bond donors (Lipinski definition) is 1. The van der Waals surface area contributed by atoms with E-state index in [4.69, 9.17) is 4.74 Å². The quantitative estimate of drug-likeness (QED) is 0.258. The van der Waals surface area contributed by atoms with E-state index >= 15 is 0 Å². The van der Waals surface area contributed by atoms with Crippen molar-refractivity contribution in [1.82, 2.24) is 14.6 Å². The molecule has 0 saturated heterocycles. The molecule has 0 spiro atoms. The van der Waals surface area contributed by atoms with Crippen LogP contribution in [-0.2, 0) is 22.4 Å². The summed E-state index contributed by atoms with van der Waals surface area (Å²) in [5, 5.41) is 14.8. The van der Waals surface area contributed by atoms with Gasteiger partial charge in [-0.2, -0.15) is 0 Å². The Hall–Kier alpha value is -2.69. The number of nitrogens with one attached hydrogen (secondary N) is 1. The largest absolute Gasteiger partial charge is 0.462 e. The number of carbonyl (C=O) groups excluding carboxylic acids is 2. The van der Waals surface area contributed by atoms with Crippen molar-refractivity contribution < 1.29 is 14.3 Å². The number of carbonyl (C=O) groups is 2. The third-order valence-corrected chi connectivity index (χ3v) is 8.68. The average molecular weight is 513 g/mol. The average Bonchev–Trinajstić information content (AvgIpc) is 3.51. The number of ether oxygens (including phenoxy) is 1. The molecule has 0 fully saturated rings. The van der Waals surface area contributed by atoms with Gasteiger partial charge < -0.3 is 10.1 Å². The van der Waals surface area contributed by atoms with Crippen LogP contribution in [0.25, 0.3) is 16.2 Å². The fourth-order valence-corrected chi connectivity index (χ4v) is 7.21. The molecule has 3 aromatic heterocycles. The van der Waals surface area contributed by atoms with E-state index in [9.17, 15) is 9.59 Å². The number of nitrogens with zero attached hydrogens (tertiary/aromatic N) is 3. The lowest BCUT2D eigenvalue weighted by molar-refractivity contribution is -0.113. The summed E-state index contributed by atoms with van der Waals surface area (Å²) in [6.45, 7) is 4.31. The maximum Gasteiger partial charge on any atom is 0.341 e. The van der Waals surface area contributed by atoms with Crippen molar-refractivity contribution in [2.24, 2.45) is 5.92 Å². The molecule has 3 heterocycles. The number of esters is 1. The molecule has 7 nitrogen and oxygen atoms in total. The van der Waals surface area contributed by atoms with Gasteiger partial charge in [-0.25, -0.2) is 4.79 Å². The third-order valence-electron chi connectivity index (χ3n) is 5.77. The summed E-state index contributed by atoms with van der Waals surface area (Å²) in [6.07, 6.45) is 2.80. The van der Waals surface area contributed by atoms with E-state index < -0.39 is 0 Å². The van der Waals surface area contributed by atoms with Gasteiger partial charge >= 0.3 is 5.97 Å². The van der Waals surface area contributed by atoms with Gasteiger partial charge in [-0.3, -0.25) is 9.20 Å². The molecular weight excluding hydrogens is 488 g/mol. The molecule has 34 heavy (non-hydrogen) atoms. The van der Waals surface area contributed by atoms with E-state index in [-0.39, 0.29) is 17.6 Å². The topological polar surface area (TPSA) is 85.6 Å². The molecular formula is C24H24N4O3S3. The van der Waals surface area contributed by atoms with E-state index in [0.29, 0.717) is 28.2 Å². The molecule has 4 aromatic rings. The van der Waals surface area contributed by atoms with Crippen molar-refractivity contribution in [3.05, 3.63) is 51.7 Å². The number of thiophene rings is 1. The lowest BCUT2D eigenvalue weighted by atomic mass is 9.88. The van der Waals surface area contributed by atoms with Crippen LogP contribution in [0.2, 0.25) is 0 Å². The molecule has 0 unspecified atom stereocenters. The maximum atomic E-state index is 12.9. The monoisotopic (exact) mass is 512 g/mol. The van der Waals surface area contributed by atoms with Crippen molar-refractivity contribution in [1.29, 1.82) is 0 Å². The molecule has 0 aliphatic heterocycles. The van der Waals surface area contributed by atoms with Gasteiger partial charge in [0.15, 0.2) is 5.16 Å². The van der Waals surface area contributed by atoms with Crippen molar-refractivity contribution in [3.8, 4) is 11.3 Å². The molecule has 0 radical (unpaired) electrons. The second-order valence-electron chi connectivity index (χ2n) is 8.20. The minimum atomic E-state index is -0.359. The predicted molar refractivity (Wildman–Crippen MR) is 137 cm³/mol. The highest BCUT2D eigenvalue weighted by Crippen LogP contribution is 2.40. The van der Waals surface area contributed by atoms with Gasteiger partial charge in [-0.1, -0.05) is 49.0 Å². The highest BCUT2D eigenvalue weighted by molar-refractivity contribution is 7.99. The molecule has 0 saturated carbocycles. The predicted octanol–water partition coefficient (Wildman–Crippen LogP) is 5.55. The minimum absolute atomic E-state index is 0.159. The second kappa shape index (κ2) is 9.89. The number of hydrogen-bond acceptors (Lipinski definition) is 8. The van der Waals surface area contributed by atoms with Gasteiger partial charge in [0, 0.05) is 10.3 Å². The summed E-state index contributed by atoms with van der Waals surface area (Å²) in [6, 6.07) is 10.0. The van der Waals surface area contributed by atoms with Crippen LogP contribution in [0.4, 0.5) is 5.00 Å². The van der Waals surface area contributed by atoms with Crippen LogP contribution in [-0.4, -0.2) is 38.8 Å². The molecule has 1 atom stereocenters. The van der Waals surface area contributed by atoms with Gasteiger partial charge in [0.1, 0.15) is 5.00 Å². The molecule has 1 aliphatic rings. The molecule has 176 valence electrons. The Kier molecular flexibility index (Phi) is 6.71. The zero-order valence-corrected chi connectivity index (χ0v) is 21.3. The van der Waals surface area contributed by atoms with E-state index in [1.54, 1.807) is 6.92 Å². The van der Waals surface area contributed by atoms with Gasteiger partial charge in [0.05, 0.1) is 23.6 Å². The smallest absolute Gasteiger partial charge is 0.341 e. The highest BCUT2D eigenvalue weighted by atomic mass is 32.2. The van der Waals surface area contributed by atoms with Crippen LogP contribution < -0.4 is 5.32 Å². The number of thiazole rings is 1. The van der Waals surface area contributed by atoms with Gasteiger partial charge in [-0.15, -0.1) is 32.9 Å². The molecule has 1 N–H and O–H groups in total. The summed E-state index contributed by atoms with van der Waals surface area (Å²) >= 11 is 4.35. The van der Waals surface area contributed by atoms with Crippen molar-refractivity contribution in [2.45, 2.75) is 38.3 Å². The lowest BCUT2D eigenvalue weighted by Gasteiger charge is -2.18. The van der Waals surface area contributed by atoms with Crippen molar-refractivity contribution in [3.63, 3.8) is 0 Å². The Labute approximate surface area is 209 Å². The number of amides is 1. The molecule has 0 bridgehead atoms. The fraction of sp³-hybridized carbons (Fsp3) is 0.333. The molecule has 10 heteroatoms. The number of thioether (sulfide) groups is 1. The molecule has 1 amide bonds. The number of benzene rings is 1. The Morgan fingerprint density at radius 3 is 2.88 bits per heavy atom.